The molecule has 104 valence electrons. The van der Waals surface area contributed by atoms with Crippen LogP contribution in [0.3, 0.4) is 0 Å². The summed E-state index contributed by atoms with van der Waals surface area (Å²) in [4.78, 5) is 11.1. The summed E-state index contributed by atoms with van der Waals surface area (Å²) in [5.74, 6) is -0.440. The molecule has 0 saturated heterocycles. The lowest BCUT2D eigenvalue weighted by atomic mass is 10.1. The van der Waals surface area contributed by atoms with Gasteiger partial charge in [0.2, 0.25) is 0 Å². The number of nitrogen functional groups attached to an aromatic ring is 1. The van der Waals surface area contributed by atoms with E-state index < -0.39 is 17.7 Å². The summed E-state index contributed by atoms with van der Waals surface area (Å²) in [6.07, 6.45) is -1.63. The van der Waals surface area contributed by atoms with Gasteiger partial charge in [0.15, 0.2) is 0 Å². The van der Waals surface area contributed by atoms with Crippen LogP contribution in [0.5, 0.6) is 0 Å². The molecule has 0 atom stereocenters. The molecule has 0 aliphatic carbocycles. The second-order valence-electron chi connectivity index (χ2n) is 3.75. The van der Waals surface area contributed by atoms with Crippen LogP contribution < -0.4 is 5.73 Å². The Kier molecular flexibility index (Phi) is 4.97. The first-order chi connectivity index (χ1) is 8.84. The van der Waals surface area contributed by atoms with E-state index in [-0.39, 0.29) is 24.3 Å². The van der Waals surface area contributed by atoms with Gasteiger partial charge in [-0.15, -0.1) is 0 Å². The monoisotopic (exact) mass is 273 g/mol. The number of halogens is 3. The van der Waals surface area contributed by atoms with Crippen LogP contribution in [0.2, 0.25) is 0 Å². The Morgan fingerprint density at radius 2 is 2.11 bits per heavy atom. The van der Waals surface area contributed by atoms with E-state index in [4.69, 9.17) is 5.73 Å². The summed E-state index contributed by atoms with van der Waals surface area (Å²) < 4.78 is 42.2. The Hall–Kier alpha value is -1.98. The van der Waals surface area contributed by atoms with Crippen molar-refractivity contribution in [2.45, 2.75) is 19.5 Å². The topological polar surface area (TPSA) is 52.3 Å². The van der Waals surface area contributed by atoms with E-state index in [1.165, 1.54) is 18.2 Å². The molecule has 1 aromatic carbocycles. The Morgan fingerprint density at radius 3 is 2.68 bits per heavy atom. The molecular formula is C13H14F3NO2. The quantitative estimate of drug-likeness (QED) is 0.676. The van der Waals surface area contributed by atoms with Gasteiger partial charge in [-0.05, 0) is 30.7 Å². The maximum absolute atomic E-state index is 12.5. The highest BCUT2D eigenvalue weighted by Gasteiger charge is 2.30. The van der Waals surface area contributed by atoms with Gasteiger partial charge in [0.25, 0.3) is 0 Å². The molecule has 0 heterocycles. The van der Waals surface area contributed by atoms with Gasteiger partial charge >= 0.3 is 12.1 Å². The largest absolute Gasteiger partial charge is 0.466 e. The van der Waals surface area contributed by atoms with Crippen molar-refractivity contribution in [2.75, 3.05) is 12.3 Å². The normalized spacial score (nSPS) is 11.8. The molecule has 1 rings (SSSR count). The number of alkyl halides is 3. The van der Waals surface area contributed by atoms with Gasteiger partial charge in [-0.2, -0.15) is 13.2 Å². The third-order valence-corrected chi connectivity index (χ3v) is 2.30. The zero-order valence-corrected chi connectivity index (χ0v) is 10.3. The van der Waals surface area contributed by atoms with Crippen LogP contribution in [0.15, 0.2) is 24.3 Å². The van der Waals surface area contributed by atoms with E-state index in [1.807, 2.05) is 0 Å². The molecule has 0 fully saturated rings. The molecule has 0 amide bonds. The van der Waals surface area contributed by atoms with Gasteiger partial charge in [-0.3, -0.25) is 4.79 Å². The molecule has 0 aromatic heterocycles. The minimum atomic E-state index is -4.42. The van der Waals surface area contributed by atoms with Crippen molar-refractivity contribution in [3.8, 4) is 0 Å². The van der Waals surface area contributed by atoms with Crippen LogP contribution in [0, 0.1) is 0 Å². The molecule has 3 nitrogen and oxygen atoms in total. The number of nitrogens with two attached hydrogens (primary N) is 1. The fraction of sp³-hybridized carbons (Fsp3) is 0.308. The second kappa shape index (κ2) is 6.26. The molecule has 0 radical (unpaired) electrons. The maximum Gasteiger partial charge on any atom is 0.416 e. The van der Waals surface area contributed by atoms with Crippen molar-refractivity contribution in [2.24, 2.45) is 0 Å². The van der Waals surface area contributed by atoms with Gasteiger partial charge < -0.3 is 10.5 Å². The van der Waals surface area contributed by atoms with Gasteiger partial charge in [0.1, 0.15) is 0 Å². The lowest BCUT2D eigenvalue weighted by molar-refractivity contribution is -0.142. The van der Waals surface area contributed by atoms with Gasteiger partial charge in [-0.1, -0.05) is 12.2 Å². The van der Waals surface area contributed by atoms with E-state index in [1.54, 1.807) is 6.92 Å². The van der Waals surface area contributed by atoms with E-state index in [0.29, 0.717) is 0 Å². The predicted octanol–water partition coefficient (Wildman–Crippen LogP) is 3.25. The SMILES string of the molecule is CCOC(=O)CC=Cc1cc(C(F)(F)F)ccc1N. The molecule has 1 aromatic rings. The average molecular weight is 273 g/mol. The summed E-state index contributed by atoms with van der Waals surface area (Å²) in [6.45, 7) is 1.94. The van der Waals surface area contributed by atoms with Crippen molar-refractivity contribution >= 4 is 17.7 Å². The molecule has 0 spiro atoms. The molecule has 0 saturated carbocycles. The molecule has 2 N–H and O–H groups in total. The van der Waals surface area contributed by atoms with E-state index >= 15 is 0 Å². The van der Waals surface area contributed by atoms with Crippen LogP contribution in [-0.2, 0) is 15.7 Å². The summed E-state index contributed by atoms with van der Waals surface area (Å²) >= 11 is 0. The third kappa shape index (κ3) is 4.65. The molecule has 19 heavy (non-hydrogen) atoms. The smallest absolute Gasteiger partial charge is 0.416 e. The summed E-state index contributed by atoms with van der Waals surface area (Å²) in [5.41, 5.74) is 5.23. The first-order valence-electron chi connectivity index (χ1n) is 5.63. The third-order valence-electron chi connectivity index (χ3n) is 2.30. The Morgan fingerprint density at radius 1 is 1.42 bits per heavy atom. The molecule has 0 aliphatic heterocycles. The number of esters is 1. The highest BCUT2D eigenvalue weighted by Crippen LogP contribution is 2.31. The van der Waals surface area contributed by atoms with Crippen LogP contribution >= 0.6 is 0 Å². The van der Waals surface area contributed by atoms with Crippen LogP contribution in [0.1, 0.15) is 24.5 Å². The first kappa shape index (κ1) is 15.1. The minimum absolute atomic E-state index is 0.0104. The number of carbonyl (C=O) groups excluding carboxylic acids is 1. The van der Waals surface area contributed by atoms with Crippen molar-refractivity contribution in [3.63, 3.8) is 0 Å². The Labute approximate surface area is 108 Å². The minimum Gasteiger partial charge on any atom is -0.466 e. The molecule has 0 aliphatic rings. The molecule has 0 bridgehead atoms. The van der Waals surface area contributed by atoms with Crippen molar-refractivity contribution < 1.29 is 22.7 Å². The molecule has 0 unspecified atom stereocenters. The molecule has 6 heteroatoms. The van der Waals surface area contributed by atoms with Gasteiger partial charge in [-0.25, -0.2) is 0 Å². The van der Waals surface area contributed by atoms with E-state index in [2.05, 4.69) is 4.74 Å². The standard InChI is InChI=1S/C13H14F3NO2/c1-2-19-12(18)5-3-4-9-8-10(13(14,15)16)6-7-11(9)17/h3-4,6-8H,2,5,17H2,1H3. The highest BCUT2D eigenvalue weighted by molar-refractivity contribution is 5.74. The zero-order chi connectivity index (χ0) is 14.5. The zero-order valence-electron chi connectivity index (χ0n) is 10.3. The van der Waals surface area contributed by atoms with Crippen molar-refractivity contribution in [3.05, 3.63) is 35.4 Å². The fourth-order valence-corrected chi connectivity index (χ4v) is 1.40. The number of carbonyl (C=O) groups is 1. The van der Waals surface area contributed by atoms with Crippen LogP contribution in [0.25, 0.3) is 6.08 Å². The van der Waals surface area contributed by atoms with Crippen molar-refractivity contribution in [1.82, 2.24) is 0 Å². The van der Waals surface area contributed by atoms with Crippen LogP contribution in [0.4, 0.5) is 18.9 Å². The number of hydrogen-bond donors (Lipinski definition) is 1. The lowest BCUT2D eigenvalue weighted by Gasteiger charge is -2.08. The second-order valence-corrected chi connectivity index (χ2v) is 3.75. The Bertz CT molecular complexity index is 481. The van der Waals surface area contributed by atoms with Crippen molar-refractivity contribution in [1.29, 1.82) is 0 Å². The van der Waals surface area contributed by atoms with E-state index in [0.717, 1.165) is 12.1 Å². The number of benzene rings is 1. The summed E-state index contributed by atoms with van der Waals surface area (Å²) in [5, 5.41) is 0. The number of ether oxygens (including phenoxy) is 1. The highest BCUT2D eigenvalue weighted by atomic mass is 19.4. The summed E-state index contributed by atoms with van der Waals surface area (Å²) in [7, 11) is 0. The lowest BCUT2D eigenvalue weighted by Crippen LogP contribution is -2.05. The Balaban J connectivity index is 2.83. The fourth-order valence-electron chi connectivity index (χ4n) is 1.40. The molecular weight excluding hydrogens is 259 g/mol. The average Bonchev–Trinajstić information content (AvgIpc) is 2.30. The predicted molar refractivity (Wildman–Crippen MR) is 66.1 cm³/mol. The number of rotatable bonds is 4. The van der Waals surface area contributed by atoms with E-state index in [9.17, 15) is 18.0 Å². The first-order valence-corrected chi connectivity index (χ1v) is 5.63. The summed E-state index contributed by atoms with van der Waals surface area (Å²) in [6, 6.07) is 3.04. The van der Waals surface area contributed by atoms with Crippen LogP contribution in [-0.4, -0.2) is 12.6 Å². The van der Waals surface area contributed by atoms with Gasteiger partial charge in [0.05, 0.1) is 18.6 Å². The van der Waals surface area contributed by atoms with Gasteiger partial charge in [0, 0.05) is 5.69 Å². The number of hydrogen-bond acceptors (Lipinski definition) is 3. The maximum atomic E-state index is 12.5. The number of anilines is 1.